The first kappa shape index (κ1) is 51.2. The minimum absolute atomic E-state index is 0.117. The van der Waals surface area contributed by atoms with Crippen molar-refractivity contribution in [2.24, 2.45) is 0 Å². The molecule has 0 heterocycles. The van der Waals surface area contributed by atoms with Crippen LogP contribution in [0.2, 0.25) is 0 Å². The summed E-state index contributed by atoms with van der Waals surface area (Å²) < 4.78 is 84.2. The molecule has 0 fully saturated rings. The number of hydrogen-bond donors (Lipinski definition) is 0. The number of hydrogen-bond acceptors (Lipinski definition) is 2. The third-order valence-corrected chi connectivity index (χ3v) is 15.7. The molecule has 0 N–H and O–H groups in total. The van der Waals surface area contributed by atoms with Gasteiger partial charge in [-0.15, -0.1) is 0 Å². The van der Waals surface area contributed by atoms with Gasteiger partial charge in [-0.25, -0.2) is 0 Å². The highest BCUT2D eigenvalue weighted by atomic mass is 19.4. The van der Waals surface area contributed by atoms with Gasteiger partial charge in [0.15, 0.2) is 0 Å². The van der Waals surface area contributed by atoms with E-state index in [0.717, 1.165) is 113 Å². The highest BCUT2D eigenvalue weighted by molar-refractivity contribution is 6.26. The van der Waals surface area contributed by atoms with E-state index in [0.29, 0.717) is 11.4 Å². The second-order valence-corrected chi connectivity index (χ2v) is 22.8. The molecule has 1 atom stereocenters. The Kier molecular flexibility index (Phi) is 12.4. The first-order chi connectivity index (χ1) is 37.7. The van der Waals surface area contributed by atoms with Crippen LogP contribution in [0.3, 0.4) is 0 Å². The normalized spacial score (nSPS) is 13.7. The lowest BCUT2D eigenvalue weighted by molar-refractivity contribution is -0.138. The van der Waals surface area contributed by atoms with Crippen molar-refractivity contribution in [3.05, 3.63) is 263 Å². The molecule has 0 saturated heterocycles. The van der Waals surface area contributed by atoms with Gasteiger partial charge < -0.3 is 9.80 Å². The van der Waals surface area contributed by atoms with Crippen LogP contribution in [0.4, 0.5) is 60.5 Å². The van der Waals surface area contributed by atoms with Crippen molar-refractivity contribution in [2.75, 3.05) is 9.80 Å². The quantitative estimate of drug-likeness (QED) is 0.111. The molecule has 11 aromatic carbocycles. The predicted octanol–water partition coefficient (Wildman–Crippen LogP) is 21.5. The van der Waals surface area contributed by atoms with E-state index in [4.69, 9.17) is 0 Å². The summed E-state index contributed by atoms with van der Waals surface area (Å²) in [5.41, 5.74) is 12.1. The fraction of sp³-hybridized carbons (Fsp3) is 0.155. The van der Waals surface area contributed by atoms with E-state index in [-0.39, 0.29) is 16.7 Å². The number of nitrogens with zero attached hydrogens (tertiary/aromatic N) is 2. The summed E-state index contributed by atoms with van der Waals surface area (Å²) >= 11 is 0. The SMILES string of the molecule is CC(C)(C)c1ccc(N(c2ccc(-c3ccc(N(c4ccc(C(C)(C)C)cc4)c4ccc(C(F)(F)F)cc4)cc3C3c4ccccc4-c4cc5c6ccccc6c6ccccc6c5cc43)cc2)c2ccc(C(F)(F)F)cc2)cc1. The third-order valence-electron chi connectivity index (χ3n) is 15.7. The molecule has 11 aromatic rings. The smallest absolute Gasteiger partial charge is 0.311 e. The standard InChI is InChI=1S/C71H56F6N2/c1-68(2,3)45-21-31-50(32-22-45)78(51-35-25-47(26-36-51)70(72,73)74)49-29-19-44(20-30-49)55-40-39-54(79(52-33-23-46(24-34-52)69(4,5)6)53-37-27-48(28-38-53)71(75,76)77)41-65(55)67-61-18-12-11-17-60(61)64-42-62-58-15-9-7-13-56(58)57-14-8-10-16-59(57)63(62)43-66(64)67/h7-43,67H,1-6H3. The van der Waals surface area contributed by atoms with Crippen molar-refractivity contribution < 1.29 is 26.3 Å². The predicted molar refractivity (Wildman–Crippen MR) is 314 cm³/mol. The molecule has 2 nitrogen and oxygen atoms in total. The Morgan fingerprint density at radius 1 is 0.278 bits per heavy atom. The summed E-state index contributed by atoms with van der Waals surface area (Å²) in [5, 5.41) is 6.96. The molecule has 0 radical (unpaired) electrons. The number of rotatable bonds is 8. The second-order valence-electron chi connectivity index (χ2n) is 22.8. The number of alkyl halides is 6. The van der Waals surface area contributed by atoms with Gasteiger partial charge in [0.05, 0.1) is 11.1 Å². The van der Waals surface area contributed by atoms with E-state index < -0.39 is 23.5 Å². The van der Waals surface area contributed by atoms with Gasteiger partial charge in [-0.1, -0.05) is 157 Å². The van der Waals surface area contributed by atoms with Gasteiger partial charge in [0.2, 0.25) is 0 Å². The van der Waals surface area contributed by atoms with Gasteiger partial charge in [-0.3, -0.25) is 0 Å². The average molecular weight is 1050 g/mol. The maximum absolute atomic E-state index is 14.2. The van der Waals surface area contributed by atoms with Gasteiger partial charge in [0.1, 0.15) is 0 Å². The van der Waals surface area contributed by atoms with Crippen LogP contribution in [-0.4, -0.2) is 0 Å². The second kappa shape index (κ2) is 19.1. The Bertz CT molecular complexity index is 3970. The fourth-order valence-corrected chi connectivity index (χ4v) is 11.6. The lowest BCUT2D eigenvalue weighted by Crippen LogP contribution is -2.14. The molecule has 0 aromatic heterocycles. The average Bonchev–Trinajstić information content (AvgIpc) is 3.47. The number of fused-ring (bicyclic) bond motifs is 9. The van der Waals surface area contributed by atoms with E-state index >= 15 is 0 Å². The molecule has 1 aliphatic carbocycles. The van der Waals surface area contributed by atoms with Crippen molar-refractivity contribution in [1.29, 1.82) is 0 Å². The van der Waals surface area contributed by atoms with Crippen molar-refractivity contribution in [3.8, 4) is 22.3 Å². The molecule has 0 aliphatic heterocycles. The van der Waals surface area contributed by atoms with E-state index in [1.54, 1.807) is 0 Å². The lowest BCUT2D eigenvalue weighted by Gasteiger charge is -2.29. The maximum Gasteiger partial charge on any atom is 0.416 e. The van der Waals surface area contributed by atoms with Crippen LogP contribution in [0.5, 0.6) is 0 Å². The zero-order valence-electron chi connectivity index (χ0n) is 44.6. The highest BCUT2D eigenvalue weighted by Gasteiger charge is 2.35. The Balaban J connectivity index is 1.08. The number of anilines is 6. The highest BCUT2D eigenvalue weighted by Crippen LogP contribution is 2.54. The van der Waals surface area contributed by atoms with Crippen molar-refractivity contribution in [3.63, 3.8) is 0 Å². The summed E-state index contributed by atoms with van der Waals surface area (Å²) in [6.45, 7) is 12.9. The molecule has 79 heavy (non-hydrogen) atoms. The topological polar surface area (TPSA) is 6.48 Å². The summed E-state index contributed by atoms with van der Waals surface area (Å²) in [6, 6.07) is 71.9. The van der Waals surface area contributed by atoms with E-state index in [1.807, 2.05) is 52.3 Å². The molecule has 0 amide bonds. The molecule has 8 heteroatoms. The first-order valence-electron chi connectivity index (χ1n) is 26.6. The largest absolute Gasteiger partial charge is 0.416 e. The molecule has 0 spiro atoms. The fourth-order valence-electron chi connectivity index (χ4n) is 11.6. The van der Waals surface area contributed by atoms with Crippen molar-refractivity contribution >= 4 is 66.4 Å². The summed E-state index contributed by atoms with van der Waals surface area (Å²) in [6.07, 6.45) is -9.01. The van der Waals surface area contributed by atoms with Gasteiger partial charge in [-0.2, -0.15) is 26.3 Å². The Morgan fingerprint density at radius 3 is 1.05 bits per heavy atom. The zero-order valence-corrected chi connectivity index (χ0v) is 44.6. The van der Waals surface area contributed by atoms with Crippen LogP contribution >= 0.6 is 0 Å². The van der Waals surface area contributed by atoms with Gasteiger partial charge in [0.25, 0.3) is 0 Å². The first-order valence-corrected chi connectivity index (χ1v) is 26.6. The molecule has 1 unspecified atom stereocenters. The van der Waals surface area contributed by atoms with Gasteiger partial charge >= 0.3 is 12.4 Å². The molecule has 392 valence electrons. The lowest BCUT2D eigenvalue weighted by atomic mass is 9.82. The molecule has 1 aliphatic rings. The number of benzene rings is 11. The van der Waals surface area contributed by atoms with Crippen LogP contribution in [-0.2, 0) is 23.2 Å². The van der Waals surface area contributed by atoms with Crippen LogP contribution in [0.25, 0.3) is 54.6 Å². The molecular formula is C71H56F6N2. The Morgan fingerprint density at radius 2 is 0.620 bits per heavy atom. The van der Waals surface area contributed by atoms with Crippen molar-refractivity contribution in [1.82, 2.24) is 0 Å². The van der Waals surface area contributed by atoms with Crippen LogP contribution in [0.1, 0.15) is 86.4 Å². The van der Waals surface area contributed by atoms with Crippen LogP contribution in [0.15, 0.2) is 224 Å². The van der Waals surface area contributed by atoms with Crippen LogP contribution in [0, 0.1) is 0 Å². The molecule has 12 rings (SSSR count). The number of halogens is 6. The van der Waals surface area contributed by atoms with Gasteiger partial charge in [-0.05, 0) is 202 Å². The monoisotopic (exact) mass is 1050 g/mol. The molecular weight excluding hydrogens is 995 g/mol. The van der Waals surface area contributed by atoms with E-state index in [2.05, 4.69) is 175 Å². The van der Waals surface area contributed by atoms with E-state index in [9.17, 15) is 26.3 Å². The summed E-state index contributed by atoms with van der Waals surface area (Å²) in [5.74, 6) is -0.293. The Labute approximate surface area is 456 Å². The third kappa shape index (κ3) is 9.37. The Hall–Kier alpha value is -8.62. The summed E-state index contributed by atoms with van der Waals surface area (Å²) in [7, 11) is 0. The van der Waals surface area contributed by atoms with Crippen molar-refractivity contribution in [2.45, 2.75) is 70.6 Å². The van der Waals surface area contributed by atoms with Gasteiger partial charge in [0, 0.05) is 40.0 Å². The van der Waals surface area contributed by atoms with Crippen LogP contribution < -0.4 is 9.80 Å². The van der Waals surface area contributed by atoms with E-state index in [1.165, 1.54) is 40.4 Å². The molecule has 0 bridgehead atoms. The summed E-state index contributed by atoms with van der Waals surface area (Å²) in [4.78, 5) is 3.99. The maximum atomic E-state index is 14.2. The zero-order chi connectivity index (χ0) is 55.2. The minimum atomic E-state index is -4.52. The molecule has 0 saturated carbocycles. The minimum Gasteiger partial charge on any atom is -0.311 e.